The molecule has 4 heteroatoms. The molecule has 1 saturated heterocycles. The van der Waals surface area contributed by atoms with Crippen LogP contribution in [0.25, 0.3) is 0 Å². The Hall–Kier alpha value is -0.450. The lowest BCUT2D eigenvalue weighted by molar-refractivity contribution is 0.186. The molecular formula is C15H27N3S. The number of likely N-dealkylation sites (tertiary alicyclic amines) is 1. The largest absolute Gasteiger partial charge is 0.311 e. The molecule has 1 fully saturated rings. The molecule has 1 atom stereocenters. The summed E-state index contributed by atoms with van der Waals surface area (Å²) in [6, 6.07) is 0. The summed E-state index contributed by atoms with van der Waals surface area (Å²) in [5.74, 6) is 0.874. The molecule has 1 unspecified atom stereocenters. The van der Waals surface area contributed by atoms with Crippen molar-refractivity contribution >= 4 is 11.3 Å². The topological polar surface area (TPSA) is 28.2 Å². The predicted molar refractivity (Wildman–Crippen MR) is 82.7 cm³/mol. The van der Waals surface area contributed by atoms with Crippen molar-refractivity contribution in [1.29, 1.82) is 0 Å². The number of aromatic nitrogens is 1. The van der Waals surface area contributed by atoms with Gasteiger partial charge < -0.3 is 10.2 Å². The fraction of sp³-hybridized carbons (Fsp3) is 0.800. The molecule has 19 heavy (non-hydrogen) atoms. The van der Waals surface area contributed by atoms with Gasteiger partial charge in [0.05, 0.1) is 10.7 Å². The first-order valence-electron chi connectivity index (χ1n) is 7.64. The predicted octanol–water partition coefficient (Wildman–Crippen LogP) is 2.92. The molecule has 2 rings (SSSR count). The fourth-order valence-corrected chi connectivity index (χ4v) is 3.47. The quantitative estimate of drug-likeness (QED) is 0.779. The number of hydrogen-bond acceptors (Lipinski definition) is 4. The molecule has 108 valence electrons. The van der Waals surface area contributed by atoms with Crippen molar-refractivity contribution in [1.82, 2.24) is 15.2 Å². The van der Waals surface area contributed by atoms with E-state index in [4.69, 9.17) is 4.98 Å². The Balaban J connectivity index is 1.70. The molecule has 0 bridgehead atoms. The highest BCUT2D eigenvalue weighted by molar-refractivity contribution is 7.09. The van der Waals surface area contributed by atoms with Gasteiger partial charge in [0.1, 0.15) is 0 Å². The molecule has 0 saturated carbocycles. The molecule has 2 heterocycles. The second kappa shape index (κ2) is 7.98. The number of hydrogen-bond donors (Lipinski definition) is 1. The van der Waals surface area contributed by atoms with E-state index in [1.807, 2.05) is 11.3 Å². The minimum Gasteiger partial charge on any atom is -0.311 e. The smallest absolute Gasteiger partial charge is 0.0941 e. The zero-order valence-corrected chi connectivity index (χ0v) is 13.1. The minimum atomic E-state index is 0.874. The van der Waals surface area contributed by atoms with Crippen LogP contribution in [0.1, 0.15) is 43.8 Å². The van der Waals surface area contributed by atoms with Gasteiger partial charge in [-0.1, -0.05) is 13.8 Å². The van der Waals surface area contributed by atoms with Crippen LogP contribution in [0.3, 0.4) is 0 Å². The van der Waals surface area contributed by atoms with Crippen LogP contribution >= 0.6 is 11.3 Å². The zero-order valence-electron chi connectivity index (χ0n) is 12.3. The van der Waals surface area contributed by atoms with Gasteiger partial charge in [-0.25, -0.2) is 4.98 Å². The summed E-state index contributed by atoms with van der Waals surface area (Å²) in [5, 5.41) is 6.91. The molecule has 3 nitrogen and oxygen atoms in total. The van der Waals surface area contributed by atoms with Crippen molar-refractivity contribution in [2.75, 3.05) is 26.2 Å². The van der Waals surface area contributed by atoms with Crippen LogP contribution in [0.4, 0.5) is 0 Å². The molecule has 1 aromatic heterocycles. The summed E-state index contributed by atoms with van der Waals surface area (Å²) in [6.07, 6.45) is 5.07. The van der Waals surface area contributed by atoms with E-state index >= 15 is 0 Å². The average Bonchev–Trinajstić information content (AvgIpc) is 2.85. The Morgan fingerprint density at radius 2 is 2.42 bits per heavy atom. The molecule has 0 aliphatic carbocycles. The number of rotatable bonds is 7. The van der Waals surface area contributed by atoms with E-state index in [9.17, 15) is 0 Å². The third-order valence-electron chi connectivity index (χ3n) is 3.72. The third kappa shape index (κ3) is 5.21. The number of thiazole rings is 1. The van der Waals surface area contributed by atoms with Crippen LogP contribution in [-0.2, 0) is 13.0 Å². The molecule has 0 aromatic carbocycles. The first kappa shape index (κ1) is 14.9. The van der Waals surface area contributed by atoms with E-state index in [0.29, 0.717) is 0 Å². The van der Waals surface area contributed by atoms with Crippen molar-refractivity contribution in [2.24, 2.45) is 5.92 Å². The highest BCUT2D eigenvalue weighted by Gasteiger charge is 2.16. The molecule has 1 N–H and O–H groups in total. The van der Waals surface area contributed by atoms with Gasteiger partial charge >= 0.3 is 0 Å². The van der Waals surface area contributed by atoms with Crippen LogP contribution in [0.5, 0.6) is 0 Å². The maximum Gasteiger partial charge on any atom is 0.0941 e. The van der Waals surface area contributed by atoms with Crippen molar-refractivity contribution < 1.29 is 0 Å². The van der Waals surface area contributed by atoms with E-state index < -0.39 is 0 Å². The fourth-order valence-electron chi connectivity index (χ4n) is 2.68. The van der Waals surface area contributed by atoms with Gasteiger partial charge in [-0.05, 0) is 38.3 Å². The van der Waals surface area contributed by atoms with Gasteiger partial charge in [-0.15, -0.1) is 11.3 Å². The summed E-state index contributed by atoms with van der Waals surface area (Å²) in [5.41, 5.74) is 1.21. The summed E-state index contributed by atoms with van der Waals surface area (Å²) in [7, 11) is 0. The summed E-state index contributed by atoms with van der Waals surface area (Å²) in [6.45, 7) is 10.3. The van der Waals surface area contributed by atoms with Crippen molar-refractivity contribution in [3.8, 4) is 0 Å². The lowest BCUT2D eigenvalue weighted by Crippen LogP contribution is -2.35. The van der Waals surface area contributed by atoms with Crippen LogP contribution in [-0.4, -0.2) is 36.1 Å². The molecule has 1 aliphatic heterocycles. The standard InChI is InChI=1S/C15H27N3S/c1-3-7-16-10-14-12-19-15(17-14)6-9-18-8-4-5-13(2)11-18/h12-13,16H,3-11H2,1-2H3. The van der Waals surface area contributed by atoms with Crippen molar-refractivity contribution in [3.05, 3.63) is 16.1 Å². The third-order valence-corrected chi connectivity index (χ3v) is 4.67. The van der Waals surface area contributed by atoms with E-state index in [0.717, 1.165) is 25.4 Å². The van der Waals surface area contributed by atoms with Crippen LogP contribution in [0.2, 0.25) is 0 Å². The lowest BCUT2D eigenvalue weighted by atomic mass is 10.0. The van der Waals surface area contributed by atoms with E-state index in [-0.39, 0.29) is 0 Å². The average molecular weight is 281 g/mol. The Labute approximate surface area is 121 Å². The number of piperidine rings is 1. The summed E-state index contributed by atoms with van der Waals surface area (Å²) in [4.78, 5) is 7.32. The Morgan fingerprint density at radius 1 is 1.53 bits per heavy atom. The lowest BCUT2D eigenvalue weighted by Gasteiger charge is -2.30. The number of nitrogens with zero attached hydrogens (tertiary/aromatic N) is 2. The Kier molecular flexibility index (Phi) is 6.28. The number of nitrogens with one attached hydrogen (secondary N) is 1. The first-order chi connectivity index (χ1) is 9.28. The first-order valence-corrected chi connectivity index (χ1v) is 8.52. The second-order valence-corrected chi connectivity index (χ2v) is 6.65. The van der Waals surface area contributed by atoms with Crippen LogP contribution in [0.15, 0.2) is 5.38 Å². The Morgan fingerprint density at radius 3 is 3.21 bits per heavy atom. The van der Waals surface area contributed by atoms with Gasteiger partial charge in [-0.3, -0.25) is 0 Å². The van der Waals surface area contributed by atoms with E-state index in [2.05, 4.69) is 29.4 Å². The molecule has 0 spiro atoms. The SMILES string of the molecule is CCCNCc1csc(CCN2CCCC(C)C2)n1. The maximum absolute atomic E-state index is 4.71. The van der Waals surface area contributed by atoms with Gasteiger partial charge in [0.2, 0.25) is 0 Å². The second-order valence-electron chi connectivity index (χ2n) is 5.71. The Bertz CT molecular complexity index is 364. The van der Waals surface area contributed by atoms with Gasteiger partial charge in [-0.2, -0.15) is 0 Å². The molecule has 1 aliphatic rings. The van der Waals surface area contributed by atoms with Crippen molar-refractivity contribution in [3.63, 3.8) is 0 Å². The van der Waals surface area contributed by atoms with E-state index in [1.165, 1.54) is 49.6 Å². The van der Waals surface area contributed by atoms with Crippen LogP contribution < -0.4 is 5.32 Å². The van der Waals surface area contributed by atoms with Gasteiger partial charge in [0, 0.05) is 31.4 Å². The highest BCUT2D eigenvalue weighted by atomic mass is 32.1. The van der Waals surface area contributed by atoms with Crippen LogP contribution in [0, 0.1) is 5.92 Å². The molecular weight excluding hydrogens is 254 g/mol. The summed E-state index contributed by atoms with van der Waals surface area (Å²) >= 11 is 1.82. The normalized spacial score (nSPS) is 20.8. The monoisotopic (exact) mass is 281 g/mol. The highest BCUT2D eigenvalue weighted by Crippen LogP contribution is 2.17. The van der Waals surface area contributed by atoms with Gasteiger partial charge in [0.25, 0.3) is 0 Å². The molecule has 0 amide bonds. The maximum atomic E-state index is 4.71. The van der Waals surface area contributed by atoms with Crippen molar-refractivity contribution in [2.45, 2.75) is 46.1 Å². The zero-order chi connectivity index (χ0) is 13.5. The van der Waals surface area contributed by atoms with E-state index in [1.54, 1.807) is 0 Å². The molecule has 0 radical (unpaired) electrons. The van der Waals surface area contributed by atoms with Gasteiger partial charge in [0.15, 0.2) is 0 Å². The molecule has 1 aromatic rings. The summed E-state index contributed by atoms with van der Waals surface area (Å²) < 4.78 is 0. The minimum absolute atomic E-state index is 0.874.